The molecule has 3 aromatic rings. The van der Waals surface area contributed by atoms with Gasteiger partial charge in [0.05, 0.1) is 12.2 Å². The minimum atomic E-state index is -4.63. The Hall–Kier alpha value is -2.76. The van der Waals surface area contributed by atoms with E-state index in [1.807, 2.05) is 36.1 Å². The summed E-state index contributed by atoms with van der Waals surface area (Å²) in [5, 5.41) is 19.7. The van der Waals surface area contributed by atoms with Crippen LogP contribution in [0.25, 0.3) is 5.69 Å². The third kappa shape index (κ3) is 3.73. The second kappa shape index (κ2) is 8.12. The number of halogens is 4. The fraction of sp³-hybridized carbons (Fsp3) is 0.538. The van der Waals surface area contributed by atoms with E-state index < -0.39 is 17.8 Å². The molecular formula is C26H27ClF3N7O. The van der Waals surface area contributed by atoms with Gasteiger partial charge in [0.1, 0.15) is 5.82 Å². The zero-order valence-corrected chi connectivity index (χ0v) is 21.5. The fourth-order valence-electron chi connectivity index (χ4n) is 6.70. The van der Waals surface area contributed by atoms with Crippen LogP contribution in [-0.2, 0) is 13.1 Å². The Bertz CT molecular complexity index is 1410. The minimum Gasteiger partial charge on any atom is -0.380 e. The van der Waals surface area contributed by atoms with Gasteiger partial charge in [0.2, 0.25) is 5.95 Å². The summed E-state index contributed by atoms with van der Waals surface area (Å²) in [6.45, 7) is 4.58. The summed E-state index contributed by atoms with van der Waals surface area (Å²) in [4.78, 5) is 13.1. The molecule has 0 unspecified atom stereocenters. The number of nitrogens with zero attached hydrogens (tertiary/aromatic N) is 7. The average molecular weight is 546 g/mol. The lowest BCUT2D eigenvalue weighted by Crippen LogP contribution is -2.62. The third-order valence-corrected chi connectivity index (χ3v) is 9.02. The van der Waals surface area contributed by atoms with E-state index >= 15 is 0 Å². The molecule has 7 rings (SSSR count). The molecule has 200 valence electrons. The Morgan fingerprint density at radius 1 is 1.05 bits per heavy atom. The molecule has 0 amide bonds. The zero-order chi connectivity index (χ0) is 26.4. The van der Waals surface area contributed by atoms with Gasteiger partial charge >= 0.3 is 6.18 Å². The highest BCUT2D eigenvalue weighted by Crippen LogP contribution is 2.56. The number of hydrogen-bond donors (Lipinski definition) is 1. The molecule has 2 saturated carbocycles. The fourth-order valence-corrected chi connectivity index (χ4v) is 6.90. The largest absolute Gasteiger partial charge is 0.417 e. The molecule has 38 heavy (non-hydrogen) atoms. The Morgan fingerprint density at radius 3 is 2.53 bits per heavy atom. The lowest BCUT2D eigenvalue weighted by atomic mass is 9.57. The van der Waals surface area contributed by atoms with Crippen LogP contribution in [0.5, 0.6) is 0 Å². The van der Waals surface area contributed by atoms with Crippen molar-refractivity contribution in [2.45, 2.75) is 69.4 Å². The van der Waals surface area contributed by atoms with Crippen molar-refractivity contribution in [3.05, 3.63) is 58.4 Å². The maximum absolute atomic E-state index is 13.3. The highest BCUT2D eigenvalue weighted by Gasteiger charge is 2.62. The molecule has 12 heteroatoms. The van der Waals surface area contributed by atoms with Crippen LogP contribution in [0.1, 0.15) is 54.5 Å². The third-order valence-electron chi connectivity index (χ3n) is 8.79. The zero-order valence-electron chi connectivity index (χ0n) is 20.8. The van der Waals surface area contributed by atoms with Crippen molar-refractivity contribution in [1.29, 1.82) is 0 Å². The van der Waals surface area contributed by atoms with Gasteiger partial charge in [-0.3, -0.25) is 9.47 Å². The van der Waals surface area contributed by atoms with Crippen molar-refractivity contribution in [3.63, 3.8) is 0 Å². The number of anilines is 1. The summed E-state index contributed by atoms with van der Waals surface area (Å²) >= 11 is 6.33. The number of hydrogen-bond acceptors (Lipinski definition) is 7. The second-order valence-electron chi connectivity index (χ2n) is 11.5. The highest BCUT2D eigenvalue weighted by atomic mass is 35.5. The standard InChI is InChI=1S/C26H27ClF3N7O/c1-15-4-5-31-23(32-15)36-13-24(14-36)7-17(8-24)22-34-33-21-12-35(19-9-25(38,10-19)26(28,29)30)11-16-6-18(27)2-3-20(16)37(21)22/h2-6,17,19,38H,7-14H2,1H3. The van der Waals surface area contributed by atoms with Gasteiger partial charge in [-0.25, -0.2) is 9.97 Å². The van der Waals surface area contributed by atoms with Crippen LogP contribution < -0.4 is 4.90 Å². The second-order valence-corrected chi connectivity index (χ2v) is 12.0. The van der Waals surface area contributed by atoms with Crippen LogP contribution in [0.4, 0.5) is 19.1 Å². The topological polar surface area (TPSA) is 83.2 Å². The van der Waals surface area contributed by atoms with Gasteiger partial charge < -0.3 is 10.0 Å². The molecule has 3 fully saturated rings. The van der Waals surface area contributed by atoms with Crippen molar-refractivity contribution in [3.8, 4) is 5.69 Å². The van der Waals surface area contributed by atoms with Crippen LogP contribution in [0.2, 0.25) is 5.02 Å². The van der Waals surface area contributed by atoms with Crippen molar-refractivity contribution < 1.29 is 18.3 Å². The molecular weight excluding hydrogens is 519 g/mol. The number of benzene rings is 1. The summed E-state index contributed by atoms with van der Waals surface area (Å²) < 4.78 is 41.9. The summed E-state index contributed by atoms with van der Waals surface area (Å²) in [5.41, 5.74) is 0.381. The molecule has 1 aromatic carbocycles. The minimum absolute atomic E-state index is 0.220. The molecule has 1 N–H and O–H groups in total. The van der Waals surface area contributed by atoms with Gasteiger partial charge in [-0.1, -0.05) is 11.6 Å². The molecule has 2 aromatic heterocycles. The summed E-state index contributed by atoms with van der Waals surface area (Å²) in [6, 6.07) is 7.12. The van der Waals surface area contributed by atoms with E-state index in [0.717, 1.165) is 54.6 Å². The van der Waals surface area contributed by atoms with Gasteiger partial charge in [0.25, 0.3) is 0 Å². The average Bonchev–Trinajstić information content (AvgIpc) is 3.09. The van der Waals surface area contributed by atoms with E-state index in [4.69, 9.17) is 11.6 Å². The van der Waals surface area contributed by atoms with E-state index in [1.165, 1.54) is 0 Å². The number of fused-ring (bicyclic) bond motifs is 3. The smallest absolute Gasteiger partial charge is 0.380 e. The van der Waals surface area contributed by atoms with E-state index in [-0.39, 0.29) is 24.2 Å². The quantitative estimate of drug-likeness (QED) is 0.529. The summed E-state index contributed by atoms with van der Waals surface area (Å²) in [7, 11) is 0. The molecule has 0 atom stereocenters. The maximum Gasteiger partial charge on any atom is 0.417 e. The number of aliphatic hydroxyl groups is 1. The first-order chi connectivity index (χ1) is 18.0. The first kappa shape index (κ1) is 24.3. The van der Waals surface area contributed by atoms with Crippen molar-refractivity contribution >= 4 is 17.5 Å². The Morgan fingerprint density at radius 2 is 1.82 bits per heavy atom. The molecule has 1 spiro atoms. The molecule has 4 heterocycles. The lowest BCUT2D eigenvalue weighted by Gasteiger charge is -2.58. The summed E-state index contributed by atoms with van der Waals surface area (Å²) in [6.07, 6.45) is -1.56. The van der Waals surface area contributed by atoms with Crippen LogP contribution in [0.3, 0.4) is 0 Å². The van der Waals surface area contributed by atoms with E-state index in [0.29, 0.717) is 23.9 Å². The van der Waals surface area contributed by atoms with Gasteiger partial charge in [-0.2, -0.15) is 13.2 Å². The predicted octanol–water partition coefficient (Wildman–Crippen LogP) is 4.17. The first-order valence-corrected chi connectivity index (χ1v) is 13.2. The van der Waals surface area contributed by atoms with Gasteiger partial charge in [-0.05, 0) is 49.6 Å². The van der Waals surface area contributed by atoms with Crippen molar-refractivity contribution in [2.24, 2.45) is 5.41 Å². The first-order valence-electron chi connectivity index (χ1n) is 12.8. The number of alkyl halides is 3. The van der Waals surface area contributed by atoms with Crippen LogP contribution >= 0.6 is 11.6 Å². The van der Waals surface area contributed by atoms with E-state index in [9.17, 15) is 18.3 Å². The predicted molar refractivity (Wildman–Crippen MR) is 133 cm³/mol. The molecule has 0 radical (unpaired) electrons. The van der Waals surface area contributed by atoms with Crippen molar-refractivity contribution in [1.82, 2.24) is 29.6 Å². The number of aryl methyl sites for hydroxylation is 1. The van der Waals surface area contributed by atoms with Gasteiger partial charge in [0.15, 0.2) is 11.4 Å². The molecule has 2 aliphatic heterocycles. The normalized spacial score (nSPS) is 26.7. The molecule has 1 saturated heterocycles. The number of rotatable bonds is 3. The summed E-state index contributed by atoms with van der Waals surface area (Å²) in [5.74, 6) is 2.61. The molecule has 4 aliphatic rings. The SMILES string of the molecule is Cc1ccnc(N2CC3(CC(c4nnc5n4-c4ccc(Cl)cc4CN(C4CC(O)(C(F)(F)F)C4)C5)C3)C2)n1. The van der Waals surface area contributed by atoms with Crippen LogP contribution in [-0.4, -0.2) is 65.6 Å². The monoisotopic (exact) mass is 545 g/mol. The molecule has 8 nitrogen and oxygen atoms in total. The van der Waals surface area contributed by atoms with Crippen molar-refractivity contribution in [2.75, 3.05) is 18.0 Å². The molecule has 0 bridgehead atoms. The van der Waals surface area contributed by atoms with Gasteiger partial charge in [0, 0.05) is 66.8 Å². The lowest BCUT2D eigenvalue weighted by molar-refractivity contribution is -0.300. The van der Waals surface area contributed by atoms with Crippen LogP contribution in [0.15, 0.2) is 30.5 Å². The maximum atomic E-state index is 13.3. The Kier molecular flexibility index (Phi) is 5.19. The van der Waals surface area contributed by atoms with Crippen LogP contribution in [0, 0.1) is 12.3 Å². The van der Waals surface area contributed by atoms with E-state index in [1.54, 1.807) is 6.20 Å². The Balaban J connectivity index is 1.12. The number of aromatic nitrogens is 5. The Labute approximate surface area is 222 Å². The van der Waals surface area contributed by atoms with E-state index in [2.05, 4.69) is 29.6 Å². The van der Waals surface area contributed by atoms with Gasteiger partial charge in [-0.15, -0.1) is 10.2 Å². The highest BCUT2D eigenvalue weighted by molar-refractivity contribution is 6.30. The molecule has 2 aliphatic carbocycles.